The van der Waals surface area contributed by atoms with Crippen molar-refractivity contribution in [1.82, 2.24) is 5.32 Å². The van der Waals surface area contributed by atoms with Crippen molar-refractivity contribution in [1.29, 1.82) is 0 Å². The van der Waals surface area contributed by atoms with Crippen molar-refractivity contribution in [3.63, 3.8) is 0 Å². The van der Waals surface area contributed by atoms with Crippen LogP contribution in [0.25, 0.3) is 0 Å². The molecule has 0 saturated carbocycles. The van der Waals surface area contributed by atoms with Crippen LogP contribution >= 0.6 is 0 Å². The van der Waals surface area contributed by atoms with Gasteiger partial charge in [-0.1, -0.05) is 6.07 Å². The lowest BCUT2D eigenvalue weighted by molar-refractivity contribution is -0.203. The summed E-state index contributed by atoms with van der Waals surface area (Å²) < 4.78 is 51.6. The molecule has 1 atom stereocenters. The molecule has 0 saturated heterocycles. The summed E-state index contributed by atoms with van der Waals surface area (Å²) in [7, 11) is 0. The Hall–Kier alpha value is -2.12. The summed E-state index contributed by atoms with van der Waals surface area (Å²) in [5.41, 5.74) is -3.69. The molecule has 1 amide bonds. The van der Waals surface area contributed by atoms with Gasteiger partial charge in [-0.2, -0.15) is 13.2 Å². The maximum Gasteiger partial charge on any atom is 0.422 e. The minimum absolute atomic E-state index is 0.291. The number of carboxylic acid groups (broad SMARTS) is 1. The van der Waals surface area contributed by atoms with E-state index in [4.69, 9.17) is 5.11 Å². The summed E-state index contributed by atoms with van der Waals surface area (Å²) in [6, 6.07) is 3.27. The monoisotopic (exact) mass is 293 g/mol. The van der Waals surface area contributed by atoms with E-state index < -0.39 is 35.0 Å². The molecular formula is C12H11F4NO3. The van der Waals surface area contributed by atoms with Crippen LogP contribution in [0.5, 0.6) is 0 Å². The number of carbonyl (C=O) groups is 2. The molecule has 4 nitrogen and oxygen atoms in total. The maximum absolute atomic E-state index is 13.5. The van der Waals surface area contributed by atoms with Crippen molar-refractivity contribution in [2.45, 2.75) is 25.6 Å². The van der Waals surface area contributed by atoms with Gasteiger partial charge in [0.2, 0.25) is 5.54 Å². The molecule has 110 valence electrons. The number of aryl methyl sites for hydroxylation is 1. The topological polar surface area (TPSA) is 66.4 Å². The zero-order chi connectivity index (χ0) is 15.7. The molecule has 0 aromatic heterocycles. The fourth-order valence-electron chi connectivity index (χ4n) is 1.34. The Morgan fingerprint density at radius 1 is 1.25 bits per heavy atom. The van der Waals surface area contributed by atoms with Crippen LogP contribution in [0.3, 0.4) is 0 Å². The van der Waals surface area contributed by atoms with Crippen LogP contribution in [0.15, 0.2) is 18.2 Å². The van der Waals surface area contributed by atoms with Gasteiger partial charge in [-0.05, 0) is 31.5 Å². The molecule has 0 aliphatic carbocycles. The first-order valence-electron chi connectivity index (χ1n) is 5.38. The number of hydrogen-bond donors (Lipinski definition) is 2. The van der Waals surface area contributed by atoms with E-state index in [1.807, 2.05) is 0 Å². The number of rotatable bonds is 3. The van der Waals surface area contributed by atoms with Crippen LogP contribution in [0.1, 0.15) is 22.8 Å². The number of amides is 1. The highest BCUT2D eigenvalue weighted by atomic mass is 19.4. The van der Waals surface area contributed by atoms with E-state index in [2.05, 4.69) is 0 Å². The van der Waals surface area contributed by atoms with E-state index in [1.54, 1.807) is 0 Å². The Morgan fingerprint density at radius 3 is 2.20 bits per heavy atom. The van der Waals surface area contributed by atoms with Crippen molar-refractivity contribution in [2.75, 3.05) is 0 Å². The van der Waals surface area contributed by atoms with Gasteiger partial charge in [-0.3, -0.25) is 4.79 Å². The normalized spacial score (nSPS) is 14.5. The minimum Gasteiger partial charge on any atom is -0.479 e. The fourth-order valence-corrected chi connectivity index (χ4v) is 1.34. The van der Waals surface area contributed by atoms with Crippen LogP contribution in [0, 0.1) is 12.7 Å². The Kier molecular flexibility index (Phi) is 4.07. The lowest BCUT2D eigenvalue weighted by Gasteiger charge is -2.28. The van der Waals surface area contributed by atoms with Crippen molar-refractivity contribution in [3.8, 4) is 0 Å². The molecule has 2 N–H and O–H groups in total. The van der Waals surface area contributed by atoms with E-state index in [9.17, 15) is 27.2 Å². The Balaban J connectivity index is 3.13. The summed E-state index contributed by atoms with van der Waals surface area (Å²) >= 11 is 0. The number of alkyl halides is 3. The molecule has 0 aliphatic rings. The molecule has 1 unspecified atom stereocenters. The van der Waals surface area contributed by atoms with Gasteiger partial charge in [0.15, 0.2) is 0 Å². The SMILES string of the molecule is Cc1ccc(C(=O)NC(C)(C(=O)O)C(F)(F)F)c(F)c1. The van der Waals surface area contributed by atoms with E-state index >= 15 is 0 Å². The van der Waals surface area contributed by atoms with E-state index in [-0.39, 0.29) is 0 Å². The minimum atomic E-state index is -5.23. The predicted octanol–water partition coefficient (Wildman–Crippen LogP) is 2.27. The molecule has 8 heteroatoms. The van der Waals surface area contributed by atoms with Crippen LogP contribution in [-0.2, 0) is 4.79 Å². The quantitative estimate of drug-likeness (QED) is 0.840. The number of nitrogens with one attached hydrogen (secondary N) is 1. The summed E-state index contributed by atoms with van der Waals surface area (Å²) in [6.07, 6.45) is -5.23. The number of hydrogen-bond acceptors (Lipinski definition) is 2. The van der Waals surface area contributed by atoms with Gasteiger partial charge in [-0.25, -0.2) is 9.18 Å². The zero-order valence-corrected chi connectivity index (χ0v) is 10.5. The van der Waals surface area contributed by atoms with E-state index in [0.717, 1.165) is 12.1 Å². The van der Waals surface area contributed by atoms with Crippen molar-refractivity contribution in [3.05, 3.63) is 35.1 Å². The van der Waals surface area contributed by atoms with Crippen molar-refractivity contribution >= 4 is 11.9 Å². The van der Waals surface area contributed by atoms with Crippen molar-refractivity contribution in [2.24, 2.45) is 0 Å². The smallest absolute Gasteiger partial charge is 0.422 e. The first kappa shape index (κ1) is 15.9. The predicted molar refractivity (Wildman–Crippen MR) is 60.7 cm³/mol. The molecule has 0 radical (unpaired) electrons. The summed E-state index contributed by atoms with van der Waals surface area (Å²) in [6.45, 7) is 1.82. The second kappa shape index (κ2) is 5.10. The van der Waals surface area contributed by atoms with E-state index in [0.29, 0.717) is 12.5 Å². The Bertz CT molecular complexity index is 556. The second-order valence-corrected chi connectivity index (χ2v) is 4.37. The fraction of sp³-hybridized carbons (Fsp3) is 0.333. The average molecular weight is 293 g/mol. The third kappa shape index (κ3) is 2.89. The Morgan fingerprint density at radius 2 is 1.80 bits per heavy atom. The van der Waals surface area contributed by atoms with Crippen LogP contribution < -0.4 is 5.32 Å². The second-order valence-electron chi connectivity index (χ2n) is 4.37. The molecule has 0 fully saturated rings. The van der Waals surface area contributed by atoms with Gasteiger partial charge < -0.3 is 10.4 Å². The molecule has 20 heavy (non-hydrogen) atoms. The molecule has 0 heterocycles. The van der Waals surface area contributed by atoms with Gasteiger partial charge in [0.05, 0.1) is 5.56 Å². The number of carboxylic acids is 1. The van der Waals surface area contributed by atoms with Gasteiger partial charge >= 0.3 is 12.1 Å². The van der Waals surface area contributed by atoms with Crippen LogP contribution in [0.4, 0.5) is 17.6 Å². The maximum atomic E-state index is 13.5. The Labute approximate surface area is 111 Å². The molecule has 1 aromatic rings. The first-order valence-corrected chi connectivity index (χ1v) is 5.38. The molecular weight excluding hydrogens is 282 g/mol. The average Bonchev–Trinajstić information content (AvgIpc) is 2.26. The van der Waals surface area contributed by atoms with Crippen molar-refractivity contribution < 1.29 is 32.3 Å². The van der Waals surface area contributed by atoms with Gasteiger partial charge in [-0.15, -0.1) is 0 Å². The molecule has 0 spiro atoms. The highest BCUT2D eigenvalue weighted by Crippen LogP contribution is 2.30. The standard InChI is InChI=1S/C12H11F4NO3/c1-6-3-4-7(8(13)5-6)9(18)17-11(2,10(19)20)12(14,15)16/h3-5H,1-2H3,(H,17,18)(H,19,20). The molecule has 0 aliphatic heterocycles. The van der Waals surface area contributed by atoms with Crippen LogP contribution in [0.2, 0.25) is 0 Å². The highest BCUT2D eigenvalue weighted by Gasteiger charge is 2.58. The molecule has 0 bridgehead atoms. The molecule has 1 rings (SSSR count). The highest BCUT2D eigenvalue weighted by molar-refractivity contribution is 5.98. The molecule has 1 aromatic carbocycles. The summed E-state index contributed by atoms with van der Waals surface area (Å²) in [5, 5.41) is 9.95. The van der Waals surface area contributed by atoms with Gasteiger partial charge in [0.25, 0.3) is 5.91 Å². The third-order valence-electron chi connectivity index (χ3n) is 2.73. The van der Waals surface area contributed by atoms with Gasteiger partial charge in [0.1, 0.15) is 5.82 Å². The van der Waals surface area contributed by atoms with Gasteiger partial charge in [0, 0.05) is 0 Å². The first-order chi connectivity index (χ1) is 8.99. The van der Waals surface area contributed by atoms with Crippen LogP contribution in [-0.4, -0.2) is 28.7 Å². The lowest BCUT2D eigenvalue weighted by atomic mass is 10.0. The summed E-state index contributed by atoms with van der Waals surface area (Å²) in [4.78, 5) is 22.4. The van der Waals surface area contributed by atoms with E-state index in [1.165, 1.54) is 18.3 Å². The zero-order valence-electron chi connectivity index (χ0n) is 10.5. The number of halogens is 4. The summed E-state index contributed by atoms with van der Waals surface area (Å²) in [5.74, 6) is -4.77. The lowest BCUT2D eigenvalue weighted by Crippen LogP contribution is -2.62. The number of aliphatic carboxylic acids is 1. The number of benzene rings is 1. The third-order valence-corrected chi connectivity index (χ3v) is 2.73. The number of carbonyl (C=O) groups excluding carboxylic acids is 1. The largest absolute Gasteiger partial charge is 0.479 e.